The van der Waals surface area contributed by atoms with Crippen LogP contribution in [0.2, 0.25) is 0 Å². The van der Waals surface area contributed by atoms with Gasteiger partial charge in [0, 0.05) is 40.8 Å². The molecule has 2 aromatic rings. The highest BCUT2D eigenvalue weighted by Gasteiger charge is 2.10. The minimum absolute atomic E-state index is 0.195. The van der Waals surface area contributed by atoms with Crippen LogP contribution in [0.25, 0.3) is 17.8 Å². The average molecular weight is 523 g/mol. The number of amides is 2. The Balaban J connectivity index is 2.21. The van der Waals surface area contributed by atoms with Crippen molar-refractivity contribution < 1.29 is 13.4 Å². The van der Waals surface area contributed by atoms with Crippen LogP contribution in [-0.4, -0.2) is 21.9 Å². The van der Waals surface area contributed by atoms with Crippen LogP contribution in [-0.2, 0) is 11.0 Å². The summed E-state index contributed by atoms with van der Waals surface area (Å²) in [7, 11) is -0.0141. The first kappa shape index (κ1) is 27.2. The average Bonchev–Trinajstić information content (AvgIpc) is 2.80. The molecule has 1 aromatic heterocycles. The molecule has 0 aliphatic heterocycles. The number of hydrogen-bond acceptors (Lipinski definition) is 5. The Labute approximate surface area is 210 Å². The second-order valence-corrected chi connectivity index (χ2v) is 9.41. The number of allylic oxidation sites excluding steroid dienone is 4. The van der Waals surface area contributed by atoms with Gasteiger partial charge in [0.05, 0.1) is 10.7 Å². The van der Waals surface area contributed by atoms with Crippen LogP contribution < -0.4 is 20.9 Å². The summed E-state index contributed by atoms with van der Waals surface area (Å²) in [6.07, 6.45) is 7.69. The van der Waals surface area contributed by atoms with Gasteiger partial charge in [-0.3, -0.25) is 14.1 Å². The number of thiol groups is 1. The molecule has 2 amide bonds. The van der Waals surface area contributed by atoms with Crippen molar-refractivity contribution in [3.05, 3.63) is 91.5 Å². The van der Waals surface area contributed by atoms with Crippen LogP contribution in [0.1, 0.15) is 25.0 Å². The monoisotopic (exact) mass is 522 g/mol. The first-order valence-electron chi connectivity index (χ1n) is 9.87. The van der Waals surface area contributed by atoms with E-state index in [0.717, 1.165) is 11.8 Å². The Morgan fingerprint density at radius 1 is 1.18 bits per heavy atom. The molecule has 11 heteroatoms. The topological polar surface area (TPSA) is 92.2 Å². The quantitative estimate of drug-likeness (QED) is 0.288. The van der Waals surface area contributed by atoms with Crippen molar-refractivity contribution in [2.45, 2.75) is 13.8 Å². The van der Waals surface area contributed by atoms with Crippen molar-refractivity contribution in [1.82, 2.24) is 14.6 Å². The number of urea groups is 1. The van der Waals surface area contributed by atoms with E-state index in [1.54, 1.807) is 56.6 Å². The van der Waals surface area contributed by atoms with Gasteiger partial charge >= 0.3 is 6.03 Å². The van der Waals surface area contributed by atoms with E-state index in [4.69, 9.17) is 11.6 Å². The molecule has 180 valence electrons. The maximum absolute atomic E-state index is 13.0. The van der Waals surface area contributed by atoms with Crippen molar-refractivity contribution in [1.29, 1.82) is 0 Å². The highest BCUT2D eigenvalue weighted by molar-refractivity contribution is 7.87. The fraction of sp³-hybridized carbons (Fsp3) is 0.130. The fourth-order valence-corrected chi connectivity index (χ4v) is 3.41. The zero-order chi connectivity index (χ0) is 25.3. The molecule has 1 heterocycles. The lowest BCUT2D eigenvalue weighted by Crippen LogP contribution is -2.30. The number of benzene rings is 1. The summed E-state index contributed by atoms with van der Waals surface area (Å²) in [4.78, 5) is 25.5. The number of carbonyl (C=O) groups excluding carboxylic acids is 1. The Morgan fingerprint density at radius 3 is 2.44 bits per heavy atom. The number of rotatable bonds is 8. The molecule has 1 unspecified atom stereocenters. The molecule has 0 saturated carbocycles. The predicted octanol–water partition coefficient (Wildman–Crippen LogP) is 5.06. The van der Waals surface area contributed by atoms with E-state index in [9.17, 15) is 18.2 Å². The number of nitrogens with zero attached hydrogens (tertiary/aromatic N) is 1. The van der Waals surface area contributed by atoms with Gasteiger partial charge in [0.25, 0.3) is 5.56 Å². The van der Waals surface area contributed by atoms with Gasteiger partial charge in [0.15, 0.2) is 0 Å². The first-order chi connectivity index (χ1) is 16.2. The van der Waals surface area contributed by atoms with Crippen LogP contribution in [0.4, 0.5) is 14.9 Å². The molecule has 1 aromatic carbocycles. The zero-order valence-electron chi connectivity index (χ0n) is 18.6. The van der Waals surface area contributed by atoms with Crippen molar-refractivity contribution >= 4 is 59.1 Å². The molecule has 7 nitrogen and oxygen atoms in total. The Bertz CT molecular complexity index is 1250. The molecule has 0 aliphatic rings. The minimum Gasteiger partial charge on any atom is -0.392 e. The third-order valence-corrected chi connectivity index (χ3v) is 5.86. The van der Waals surface area contributed by atoms with Crippen molar-refractivity contribution in [3.63, 3.8) is 0 Å². The van der Waals surface area contributed by atoms with Crippen LogP contribution in [0, 0.1) is 0 Å². The molecule has 0 radical (unpaired) electrons. The minimum atomic E-state index is -1.76. The molecular formula is C23H24ClFN4O3S2. The Hall–Kier alpha value is -3.08. The van der Waals surface area contributed by atoms with Gasteiger partial charge in [-0.15, -0.1) is 12.6 Å². The van der Waals surface area contributed by atoms with Gasteiger partial charge in [0.2, 0.25) is 0 Å². The number of anilines is 1. The number of halogens is 2. The van der Waals surface area contributed by atoms with Gasteiger partial charge in [0.1, 0.15) is 11.0 Å². The summed E-state index contributed by atoms with van der Waals surface area (Å²) in [5.74, 6) is 0. The molecule has 34 heavy (non-hydrogen) atoms. The second kappa shape index (κ2) is 13.0. The van der Waals surface area contributed by atoms with Crippen LogP contribution in [0.15, 0.2) is 74.8 Å². The summed E-state index contributed by atoms with van der Waals surface area (Å²) in [5, 5.41) is 5.53. The highest BCUT2D eigenvalue weighted by Crippen LogP contribution is 2.16. The highest BCUT2D eigenvalue weighted by atomic mass is 35.5. The zero-order valence-corrected chi connectivity index (χ0v) is 21.1. The molecule has 1 atom stereocenters. The van der Waals surface area contributed by atoms with E-state index in [1.165, 1.54) is 16.7 Å². The first-order valence-corrected chi connectivity index (χ1v) is 11.8. The van der Waals surface area contributed by atoms with Crippen molar-refractivity contribution in [2.75, 3.05) is 12.4 Å². The van der Waals surface area contributed by atoms with E-state index in [2.05, 4.69) is 28.0 Å². The number of nitrogens with one attached hydrogen (secondary N) is 3. The van der Waals surface area contributed by atoms with E-state index < -0.39 is 22.6 Å². The van der Waals surface area contributed by atoms with Gasteiger partial charge in [-0.2, -0.15) is 0 Å². The summed E-state index contributed by atoms with van der Waals surface area (Å²) in [5.41, 5.74) is 2.11. The van der Waals surface area contributed by atoms with Crippen molar-refractivity contribution in [3.8, 4) is 5.69 Å². The van der Waals surface area contributed by atoms with E-state index in [-0.39, 0.29) is 9.93 Å². The third kappa shape index (κ3) is 7.75. The SMILES string of the molecule is CN/C(C)=C/c1ccn(-c2ccc(NC(=O)NS(=O)/C(C)=C/C=C(\S)Cl)cc2)c(=O)c1/C=C/F. The predicted molar refractivity (Wildman–Crippen MR) is 142 cm³/mol. The normalized spacial score (nSPS) is 13.6. The lowest BCUT2D eigenvalue weighted by atomic mass is 10.1. The van der Waals surface area contributed by atoms with Gasteiger partial charge < -0.3 is 10.6 Å². The van der Waals surface area contributed by atoms with Gasteiger partial charge in [-0.05, 0) is 74.0 Å². The van der Waals surface area contributed by atoms with Crippen molar-refractivity contribution in [2.24, 2.45) is 0 Å². The second-order valence-electron chi connectivity index (χ2n) is 6.87. The van der Waals surface area contributed by atoms with Gasteiger partial charge in [-0.1, -0.05) is 11.6 Å². The standard InChI is InChI=1S/C23H24ClFN4O3S2/c1-15(26-3)14-17-11-13-29(22(30)20(17)10-12-25)19-7-5-18(6-8-19)27-23(31)28-34(32)16(2)4-9-21(24)33/h4-14,26,33H,1-3H3,(H2,27,28,31)/b12-10+,15-14+,16-4+,21-9-. The van der Waals surface area contributed by atoms with Gasteiger partial charge in [-0.25, -0.2) is 13.4 Å². The molecule has 0 spiro atoms. The number of carbonyl (C=O) groups is 1. The summed E-state index contributed by atoms with van der Waals surface area (Å²) in [6.45, 7) is 3.40. The molecule has 0 fully saturated rings. The van der Waals surface area contributed by atoms with Crippen LogP contribution in [0.5, 0.6) is 0 Å². The number of pyridine rings is 1. The fourth-order valence-electron chi connectivity index (χ4n) is 2.71. The Morgan fingerprint density at radius 2 is 1.85 bits per heavy atom. The maximum Gasteiger partial charge on any atom is 0.331 e. The molecule has 3 N–H and O–H groups in total. The smallest absolute Gasteiger partial charge is 0.331 e. The van der Waals surface area contributed by atoms with E-state index in [1.807, 2.05) is 6.92 Å². The van der Waals surface area contributed by atoms with Crippen LogP contribution in [0.3, 0.4) is 0 Å². The summed E-state index contributed by atoms with van der Waals surface area (Å²) >= 11 is 9.49. The lowest BCUT2D eigenvalue weighted by Gasteiger charge is -2.11. The molecule has 0 bridgehead atoms. The third-order valence-electron chi connectivity index (χ3n) is 4.50. The van der Waals surface area contributed by atoms with E-state index >= 15 is 0 Å². The maximum atomic E-state index is 13.0. The molecule has 0 aliphatic carbocycles. The number of hydrogen-bond donors (Lipinski definition) is 4. The molecular weight excluding hydrogens is 499 g/mol. The number of aromatic nitrogens is 1. The molecule has 2 rings (SSSR count). The summed E-state index contributed by atoms with van der Waals surface area (Å²) in [6, 6.07) is 7.44. The van der Waals surface area contributed by atoms with E-state index in [0.29, 0.717) is 28.2 Å². The Kier molecular flexibility index (Phi) is 10.4. The van der Waals surface area contributed by atoms with Crippen LogP contribution >= 0.6 is 24.2 Å². The largest absolute Gasteiger partial charge is 0.392 e. The lowest BCUT2D eigenvalue weighted by molar-refractivity contribution is 0.257. The molecule has 0 saturated heterocycles. The summed E-state index contributed by atoms with van der Waals surface area (Å²) < 4.78 is 29.0.